The summed E-state index contributed by atoms with van der Waals surface area (Å²) in [6.07, 6.45) is 3.37. The number of benzene rings is 3. The molecular formula is C27H21ClN6O. The van der Waals surface area contributed by atoms with Crippen molar-refractivity contribution < 1.29 is 5.11 Å². The van der Waals surface area contributed by atoms with E-state index in [-0.39, 0.29) is 0 Å². The molecule has 0 amide bonds. The molecule has 0 aliphatic rings. The van der Waals surface area contributed by atoms with Gasteiger partial charge >= 0.3 is 0 Å². The first-order valence-corrected chi connectivity index (χ1v) is 11.5. The third-order valence-corrected chi connectivity index (χ3v) is 6.84. The Balaban J connectivity index is 1.69. The van der Waals surface area contributed by atoms with Crippen molar-refractivity contribution in [3.05, 3.63) is 113 Å². The van der Waals surface area contributed by atoms with Gasteiger partial charge in [-0.3, -0.25) is 0 Å². The summed E-state index contributed by atoms with van der Waals surface area (Å²) in [4.78, 5) is 4.28. The molecule has 35 heavy (non-hydrogen) atoms. The Hall–Kier alpha value is -4.07. The number of fused-ring (bicyclic) bond motifs is 3. The Morgan fingerprint density at radius 1 is 0.914 bits per heavy atom. The lowest BCUT2D eigenvalue weighted by atomic mass is 9.82. The first-order valence-electron chi connectivity index (χ1n) is 11.1. The molecule has 6 aromatic rings. The number of hydrogen-bond acceptors (Lipinski definition) is 5. The topological polar surface area (TPSA) is 81.1 Å². The average molecular weight is 481 g/mol. The van der Waals surface area contributed by atoms with E-state index in [9.17, 15) is 5.11 Å². The maximum Gasteiger partial charge on any atom is 0.180 e. The molecule has 1 N–H and O–H groups in total. The number of halogens is 1. The first kappa shape index (κ1) is 21.5. The summed E-state index contributed by atoms with van der Waals surface area (Å²) in [6, 6.07) is 23.3. The zero-order valence-corrected chi connectivity index (χ0v) is 19.8. The monoisotopic (exact) mass is 480 g/mol. The molecule has 0 radical (unpaired) electrons. The van der Waals surface area contributed by atoms with Gasteiger partial charge in [0.2, 0.25) is 0 Å². The SMILES string of the molecule is Cc1ccccc1-c1cc2nnnn2c2ccc(C(O)(c3ccc(Cl)cc3)c3cncn3C)cc12. The minimum absolute atomic E-state index is 0.600. The molecule has 1 atom stereocenters. The van der Waals surface area contributed by atoms with E-state index in [1.54, 1.807) is 29.2 Å². The number of aliphatic hydroxyl groups is 1. The second kappa shape index (κ2) is 8.01. The van der Waals surface area contributed by atoms with Crippen LogP contribution in [0.25, 0.3) is 27.7 Å². The molecule has 0 saturated carbocycles. The van der Waals surface area contributed by atoms with Crippen molar-refractivity contribution in [2.45, 2.75) is 12.5 Å². The molecule has 0 spiro atoms. The van der Waals surface area contributed by atoms with Gasteiger partial charge in [0.05, 0.1) is 23.7 Å². The van der Waals surface area contributed by atoms with Crippen LogP contribution in [0.1, 0.15) is 22.4 Å². The van der Waals surface area contributed by atoms with Crippen LogP contribution in [0, 0.1) is 6.92 Å². The zero-order chi connectivity index (χ0) is 24.2. The number of tetrazole rings is 1. The third kappa shape index (κ3) is 3.31. The third-order valence-electron chi connectivity index (χ3n) is 6.58. The fraction of sp³-hybridized carbons (Fsp3) is 0.111. The standard InChI is InChI=1S/C27H21ClN6O/c1-17-5-3-4-6-21(17)22-14-26-30-31-32-34(26)24-12-9-19(13-23(22)24)27(35,25-15-29-16-33(25)2)18-7-10-20(28)11-8-18/h3-16,35H,1-2H3. The smallest absolute Gasteiger partial charge is 0.180 e. The molecule has 3 heterocycles. The average Bonchev–Trinajstić information content (AvgIpc) is 3.53. The van der Waals surface area contributed by atoms with Crippen molar-refractivity contribution in [2.75, 3.05) is 0 Å². The van der Waals surface area contributed by atoms with Crippen LogP contribution in [0.2, 0.25) is 5.02 Å². The van der Waals surface area contributed by atoms with Gasteiger partial charge in [-0.25, -0.2) is 4.98 Å². The van der Waals surface area contributed by atoms with Gasteiger partial charge in [-0.05, 0) is 75.5 Å². The van der Waals surface area contributed by atoms with E-state index >= 15 is 0 Å². The van der Waals surface area contributed by atoms with E-state index < -0.39 is 5.60 Å². The normalized spacial score (nSPS) is 13.4. The van der Waals surface area contributed by atoms with Gasteiger partial charge in [-0.1, -0.05) is 54.1 Å². The predicted octanol–water partition coefficient (Wildman–Crippen LogP) is 4.92. The van der Waals surface area contributed by atoms with Crippen molar-refractivity contribution in [1.29, 1.82) is 0 Å². The second-order valence-corrected chi connectivity index (χ2v) is 9.10. The van der Waals surface area contributed by atoms with Crippen molar-refractivity contribution >= 4 is 28.2 Å². The molecule has 7 nitrogen and oxygen atoms in total. The largest absolute Gasteiger partial charge is 0.374 e. The summed E-state index contributed by atoms with van der Waals surface area (Å²) in [6.45, 7) is 2.08. The van der Waals surface area contributed by atoms with E-state index in [0.29, 0.717) is 27.5 Å². The Morgan fingerprint density at radius 2 is 1.69 bits per heavy atom. The van der Waals surface area contributed by atoms with Gasteiger partial charge in [0, 0.05) is 17.5 Å². The molecule has 6 rings (SSSR count). The molecule has 1 unspecified atom stereocenters. The highest BCUT2D eigenvalue weighted by Crippen LogP contribution is 2.40. The Kier molecular flexibility index (Phi) is 4.91. The molecule has 0 saturated heterocycles. The van der Waals surface area contributed by atoms with Crippen molar-refractivity contribution in [3.8, 4) is 11.1 Å². The van der Waals surface area contributed by atoms with E-state index in [1.807, 2.05) is 60.1 Å². The Morgan fingerprint density at radius 3 is 2.43 bits per heavy atom. The molecule has 172 valence electrons. The van der Waals surface area contributed by atoms with Gasteiger partial charge in [0.15, 0.2) is 11.2 Å². The highest BCUT2D eigenvalue weighted by Gasteiger charge is 2.37. The van der Waals surface area contributed by atoms with Crippen LogP contribution in [0.3, 0.4) is 0 Å². The first-order chi connectivity index (χ1) is 17.0. The zero-order valence-electron chi connectivity index (χ0n) is 19.1. The fourth-order valence-electron chi connectivity index (χ4n) is 4.78. The number of rotatable bonds is 4. The van der Waals surface area contributed by atoms with Gasteiger partial charge in [0.25, 0.3) is 0 Å². The summed E-state index contributed by atoms with van der Waals surface area (Å²) in [7, 11) is 1.87. The van der Waals surface area contributed by atoms with Crippen molar-refractivity contribution in [1.82, 2.24) is 29.6 Å². The summed E-state index contributed by atoms with van der Waals surface area (Å²) in [5, 5.41) is 26.2. The minimum Gasteiger partial charge on any atom is -0.374 e. The molecule has 0 bridgehead atoms. The van der Waals surface area contributed by atoms with E-state index in [0.717, 1.165) is 27.6 Å². The van der Waals surface area contributed by atoms with Crippen LogP contribution in [0.4, 0.5) is 0 Å². The highest BCUT2D eigenvalue weighted by atomic mass is 35.5. The van der Waals surface area contributed by atoms with Crippen molar-refractivity contribution in [2.24, 2.45) is 7.05 Å². The maximum absolute atomic E-state index is 12.4. The number of aromatic nitrogens is 6. The van der Waals surface area contributed by atoms with Crippen LogP contribution < -0.4 is 0 Å². The second-order valence-electron chi connectivity index (χ2n) is 8.66. The number of pyridine rings is 1. The number of hydrogen-bond donors (Lipinski definition) is 1. The lowest BCUT2D eigenvalue weighted by Crippen LogP contribution is -2.31. The summed E-state index contributed by atoms with van der Waals surface area (Å²) in [5.74, 6) is 0. The van der Waals surface area contributed by atoms with Gasteiger partial charge in [-0.15, -0.1) is 5.10 Å². The molecule has 8 heteroatoms. The van der Waals surface area contributed by atoms with Crippen molar-refractivity contribution in [3.63, 3.8) is 0 Å². The van der Waals surface area contributed by atoms with Gasteiger partial charge < -0.3 is 9.67 Å². The molecule has 0 aliphatic carbocycles. The van der Waals surface area contributed by atoms with E-state index in [4.69, 9.17) is 11.6 Å². The van der Waals surface area contributed by atoms with Crippen LogP contribution in [0.15, 0.2) is 85.3 Å². The number of nitrogens with zero attached hydrogens (tertiary/aromatic N) is 6. The maximum atomic E-state index is 12.4. The fourth-order valence-corrected chi connectivity index (χ4v) is 4.91. The lowest BCUT2D eigenvalue weighted by molar-refractivity contribution is 0.117. The van der Waals surface area contributed by atoms with E-state index in [1.165, 1.54) is 0 Å². The predicted molar refractivity (Wildman–Crippen MR) is 135 cm³/mol. The van der Waals surface area contributed by atoms with Crippen LogP contribution in [0.5, 0.6) is 0 Å². The minimum atomic E-state index is -1.47. The number of aryl methyl sites for hydroxylation is 2. The Bertz CT molecular complexity index is 1700. The summed E-state index contributed by atoms with van der Waals surface area (Å²) in [5.41, 5.74) is 5.25. The van der Waals surface area contributed by atoms with Crippen LogP contribution >= 0.6 is 11.6 Å². The van der Waals surface area contributed by atoms with Crippen LogP contribution in [-0.2, 0) is 12.6 Å². The molecule has 3 aromatic heterocycles. The molecular weight excluding hydrogens is 460 g/mol. The molecule has 0 fully saturated rings. The van der Waals surface area contributed by atoms with Gasteiger partial charge in [0.1, 0.15) is 0 Å². The molecule has 0 aliphatic heterocycles. The molecule has 3 aromatic carbocycles. The highest BCUT2D eigenvalue weighted by molar-refractivity contribution is 6.30. The Labute approximate surface area is 206 Å². The van der Waals surface area contributed by atoms with Gasteiger partial charge in [-0.2, -0.15) is 4.52 Å². The lowest BCUT2D eigenvalue weighted by Gasteiger charge is -2.30. The van der Waals surface area contributed by atoms with E-state index in [2.05, 4.69) is 39.6 Å². The van der Waals surface area contributed by atoms with Crippen LogP contribution in [-0.4, -0.2) is 34.7 Å². The number of imidazole rings is 1. The summed E-state index contributed by atoms with van der Waals surface area (Å²) >= 11 is 6.17. The quantitative estimate of drug-likeness (QED) is 0.387. The summed E-state index contributed by atoms with van der Waals surface area (Å²) < 4.78 is 3.54.